The van der Waals surface area contributed by atoms with Crippen LogP contribution in [0.5, 0.6) is 0 Å². The van der Waals surface area contributed by atoms with Crippen LogP contribution in [0.3, 0.4) is 0 Å². The molecule has 0 saturated heterocycles. The molecule has 0 bridgehead atoms. The minimum Gasteiger partial charge on any atom is -0.481 e. The van der Waals surface area contributed by atoms with Crippen molar-refractivity contribution in [3.8, 4) is 0 Å². The van der Waals surface area contributed by atoms with Crippen LogP contribution in [-0.2, 0) is 17.4 Å². The molecule has 0 spiro atoms. The summed E-state index contributed by atoms with van der Waals surface area (Å²) in [5.41, 5.74) is -0.664. The molecular formula is C11H13ClF3NO2. The fraction of sp³-hybridized carbons (Fsp3) is 0.364. The van der Waals surface area contributed by atoms with E-state index in [2.05, 4.69) is 0 Å². The van der Waals surface area contributed by atoms with Crippen LogP contribution < -0.4 is 4.90 Å². The first-order valence-electron chi connectivity index (χ1n) is 4.81. The topological polar surface area (TPSA) is 40.5 Å². The monoisotopic (exact) mass is 283 g/mol. The van der Waals surface area contributed by atoms with E-state index in [0.29, 0.717) is 0 Å². The molecule has 0 atom stereocenters. The van der Waals surface area contributed by atoms with E-state index < -0.39 is 24.1 Å². The maximum absolute atomic E-state index is 12.8. The summed E-state index contributed by atoms with van der Waals surface area (Å²) in [5, 5.41) is 8.55. The average molecular weight is 284 g/mol. The van der Waals surface area contributed by atoms with Gasteiger partial charge in [0, 0.05) is 19.8 Å². The van der Waals surface area contributed by atoms with Gasteiger partial charge in [-0.3, -0.25) is 4.79 Å². The van der Waals surface area contributed by atoms with E-state index in [1.54, 1.807) is 0 Å². The first-order chi connectivity index (χ1) is 7.71. The Balaban J connectivity index is 0.00000289. The number of anilines is 1. The Morgan fingerprint density at radius 1 is 1.33 bits per heavy atom. The standard InChI is InChI=1S/C11H12F3NO2.ClH/c1-15(2)9-4-3-7(6-10(16)17)5-8(9)11(12,13)14;/h3-5H,6H2,1-2H3,(H,16,17);1H. The number of rotatable bonds is 3. The quantitative estimate of drug-likeness (QED) is 0.927. The highest BCUT2D eigenvalue weighted by Gasteiger charge is 2.34. The van der Waals surface area contributed by atoms with Gasteiger partial charge in [-0.1, -0.05) is 6.07 Å². The average Bonchev–Trinajstić information content (AvgIpc) is 2.14. The van der Waals surface area contributed by atoms with Crippen molar-refractivity contribution in [3.05, 3.63) is 29.3 Å². The Bertz CT molecular complexity index is 433. The molecule has 18 heavy (non-hydrogen) atoms. The fourth-order valence-electron chi connectivity index (χ4n) is 1.48. The second kappa shape index (κ2) is 5.95. The molecule has 0 aliphatic heterocycles. The number of alkyl halides is 3. The molecule has 102 valence electrons. The van der Waals surface area contributed by atoms with Gasteiger partial charge >= 0.3 is 12.1 Å². The summed E-state index contributed by atoms with van der Waals surface area (Å²) in [5.74, 6) is -1.16. The van der Waals surface area contributed by atoms with Gasteiger partial charge in [-0.25, -0.2) is 0 Å². The Morgan fingerprint density at radius 2 is 1.89 bits per heavy atom. The Morgan fingerprint density at radius 3 is 2.28 bits per heavy atom. The van der Waals surface area contributed by atoms with Gasteiger partial charge in [0.15, 0.2) is 0 Å². The lowest BCUT2D eigenvalue weighted by Gasteiger charge is -2.19. The fourth-order valence-corrected chi connectivity index (χ4v) is 1.48. The third-order valence-electron chi connectivity index (χ3n) is 2.20. The summed E-state index contributed by atoms with van der Waals surface area (Å²) in [6.45, 7) is 0. The molecule has 1 rings (SSSR count). The molecule has 0 aliphatic carbocycles. The minimum absolute atomic E-state index is 0. The van der Waals surface area contributed by atoms with Crippen LogP contribution in [0.25, 0.3) is 0 Å². The molecule has 1 aromatic carbocycles. The highest BCUT2D eigenvalue weighted by atomic mass is 35.5. The van der Waals surface area contributed by atoms with Crippen molar-refractivity contribution in [2.45, 2.75) is 12.6 Å². The van der Waals surface area contributed by atoms with E-state index in [9.17, 15) is 18.0 Å². The van der Waals surface area contributed by atoms with E-state index in [1.165, 1.54) is 31.1 Å². The molecule has 3 nitrogen and oxygen atoms in total. The van der Waals surface area contributed by atoms with Gasteiger partial charge in [0.25, 0.3) is 0 Å². The van der Waals surface area contributed by atoms with E-state index >= 15 is 0 Å². The second-order valence-electron chi connectivity index (χ2n) is 3.81. The van der Waals surface area contributed by atoms with Gasteiger partial charge in [-0.2, -0.15) is 13.2 Å². The van der Waals surface area contributed by atoms with Crippen LogP contribution in [-0.4, -0.2) is 25.2 Å². The van der Waals surface area contributed by atoms with Crippen molar-refractivity contribution < 1.29 is 23.1 Å². The maximum Gasteiger partial charge on any atom is 0.418 e. The number of halogens is 4. The van der Waals surface area contributed by atoms with Gasteiger partial charge < -0.3 is 10.0 Å². The largest absolute Gasteiger partial charge is 0.481 e. The van der Waals surface area contributed by atoms with E-state index in [4.69, 9.17) is 5.11 Å². The molecule has 7 heteroatoms. The minimum atomic E-state index is -4.49. The van der Waals surface area contributed by atoms with Gasteiger partial charge in [-0.05, 0) is 17.7 Å². The molecule has 0 aromatic heterocycles. The highest BCUT2D eigenvalue weighted by molar-refractivity contribution is 5.85. The molecule has 1 N–H and O–H groups in total. The van der Waals surface area contributed by atoms with Crippen LogP contribution in [0.4, 0.5) is 18.9 Å². The zero-order valence-corrected chi connectivity index (χ0v) is 10.6. The normalized spacial score (nSPS) is 10.7. The summed E-state index contributed by atoms with van der Waals surface area (Å²) in [6.07, 6.45) is -4.91. The molecule has 0 unspecified atom stereocenters. The number of carboxylic acid groups (broad SMARTS) is 1. The number of carbonyl (C=O) groups is 1. The van der Waals surface area contributed by atoms with Crippen molar-refractivity contribution in [2.24, 2.45) is 0 Å². The van der Waals surface area contributed by atoms with Gasteiger partial charge in [0.2, 0.25) is 0 Å². The molecule has 0 radical (unpaired) electrons. The van der Waals surface area contributed by atoms with Crippen molar-refractivity contribution in [1.82, 2.24) is 0 Å². The lowest BCUT2D eigenvalue weighted by atomic mass is 10.1. The van der Waals surface area contributed by atoms with Crippen molar-refractivity contribution in [3.63, 3.8) is 0 Å². The number of nitrogens with zero attached hydrogens (tertiary/aromatic N) is 1. The second-order valence-corrected chi connectivity index (χ2v) is 3.81. The van der Waals surface area contributed by atoms with Gasteiger partial charge in [-0.15, -0.1) is 12.4 Å². The van der Waals surface area contributed by atoms with Crippen LogP contribution in [0, 0.1) is 0 Å². The molecule has 0 saturated carbocycles. The number of aliphatic carboxylic acids is 1. The molecular weight excluding hydrogens is 271 g/mol. The van der Waals surface area contributed by atoms with Gasteiger partial charge in [0.05, 0.1) is 12.0 Å². The number of hydrogen-bond acceptors (Lipinski definition) is 2. The lowest BCUT2D eigenvalue weighted by Crippen LogP contribution is -2.17. The van der Waals surface area contributed by atoms with E-state index in [1.807, 2.05) is 0 Å². The third kappa shape index (κ3) is 4.10. The predicted molar refractivity (Wildman–Crippen MR) is 64.4 cm³/mol. The van der Waals surface area contributed by atoms with Crippen LogP contribution in [0.15, 0.2) is 18.2 Å². The molecule has 0 aliphatic rings. The van der Waals surface area contributed by atoms with Crippen LogP contribution in [0.2, 0.25) is 0 Å². The third-order valence-corrected chi connectivity index (χ3v) is 2.20. The molecule has 0 fully saturated rings. The van der Waals surface area contributed by atoms with Crippen LogP contribution in [0.1, 0.15) is 11.1 Å². The Kier molecular flexibility index (Phi) is 5.48. The Labute approximate surface area is 109 Å². The Hall–Kier alpha value is -1.43. The van der Waals surface area contributed by atoms with Gasteiger partial charge in [0.1, 0.15) is 0 Å². The van der Waals surface area contributed by atoms with Crippen LogP contribution >= 0.6 is 12.4 Å². The summed E-state index contributed by atoms with van der Waals surface area (Å²) in [4.78, 5) is 11.8. The maximum atomic E-state index is 12.8. The first-order valence-corrected chi connectivity index (χ1v) is 4.81. The number of benzene rings is 1. The molecule has 0 heterocycles. The summed E-state index contributed by atoms with van der Waals surface area (Å²) < 4.78 is 38.3. The summed E-state index contributed by atoms with van der Waals surface area (Å²) >= 11 is 0. The van der Waals surface area contributed by atoms with Crippen molar-refractivity contribution in [1.29, 1.82) is 0 Å². The SMILES string of the molecule is CN(C)c1ccc(CC(=O)O)cc1C(F)(F)F.Cl. The lowest BCUT2D eigenvalue weighted by molar-refractivity contribution is -0.138. The van der Waals surface area contributed by atoms with E-state index in [0.717, 1.165) is 6.07 Å². The number of hydrogen-bond donors (Lipinski definition) is 1. The van der Waals surface area contributed by atoms with Crippen molar-refractivity contribution >= 4 is 24.1 Å². The predicted octanol–water partition coefficient (Wildman–Crippen LogP) is 2.82. The summed E-state index contributed by atoms with van der Waals surface area (Å²) in [6, 6.07) is 3.54. The van der Waals surface area contributed by atoms with Crippen molar-refractivity contribution in [2.75, 3.05) is 19.0 Å². The molecule has 0 amide bonds. The molecule has 1 aromatic rings. The number of carboxylic acids is 1. The highest BCUT2D eigenvalue weighted by Crippen LogP contribution is 2.36. The first kappa shape index (κ1) is 16.6. The zero-order chi connectivity index (χ0) is 13.2. The summed E-state index contributed by atoms with van der Waals surface area (Å²) in [7, 11) is 3.00. The smallest absolute Gasteiger partial charge is 0.418 e. The zero-order valence-electron chi connectivity index (χ0n) is 9.78. The van der Waals surface area contributed by atoms with E-state index in [-0.39, 0.29) is 23.7 Å².